The van der Waals surface area contributed by atoms with Gasteiger partial charge in [0.15, 0.2) is 0 Å². The van der Waals surface area contributed by atoms with Crippen LogP contribution in [0.2, 0.25) is 0 Å². The third-order valence-corrected chi connectivity index (χ3v) is 7.67. The summed E-state index contributed by atoms with van der Waals surface area (Å²) in [5.41, 5.74) is 5.02. The van der Waals surface area contributed by atoms with Crippen LogP contribution in [0.25, 0.3) is 11.6 Å². The van der Waals surface area contributed by atoms with Crippen molar-refractivity contribution in [3.8, 4) is 6.07 Å². The Morgan fingerprint density at radius 1 is 1.21 bits per heavy atom. The van der Waals surface area contributed by atoms with Gasteiger partial charge in [0.1, 0.15) is 0 Å². The van der Waals surface area contributed by atoms with Gasteiger partial charge in [0.25, 0.3) is 0 Å². The van der Waals surface area contributed by atoms with Crippen LogP contribution in [0.1, 0.15) is 35.1 Å². The predicted octanol–water partition coefficient (Wildman–Crippen LogP) is 0.0138. The zero-order valence-corrected chi connectivity index (χ0v) is 17.9. The third-order valence-electron chi connectivity index (χ3n) is 5.04. The Kier molecular flexibility index (Phi) is 5.86. The van der Waals surface area contributed by atoms with E-state index >= 15 is 0 Å². The van der Waals surface area contributed by atoms with Gasteiger partial charge in [-0.1, -0.05) is 12.1 Å². The number of hydrogen-bond acceptors (Lipinski definition) is 4. The summed E-state index contributed by atoms with van der Waals surface area (Å²) in [5.74, 6) is -0.0135. The van der Waals surface area contributed by atoms with Gasteiger partial charge in [0.2, 0.25) is 0 Å². The Hall–Kier alpha value is -2.79. The molecule has 2 aliphatic rings. The molecule has 1 aromatic carbocycles. The molecule has 0 saturated carbocycles. The van der Waals surface area contributed by atoms with Gasteiger partial charge in [0.05, 0.1) is 11.6 Å². The van der Waals surface area contributed by atoms with Crippen molar-refractivity contribution in [1.82, 2.24) is 9.88 Å². The van der Waals surface area contributed by atoms with Crippen molar-refractivity contribution in [3.05, 3.63) is 74.6 Å². The van der Waals surface area contributed by atoms with Gasteiger partial charge < -0.3 is 0 Å². The molecule has 0 spiro atoms. The Balaban J connectivity index is 1.39. The molecule has 29 heavy (non-hydrogen) atoms. The van der Waals surface area contributed by atoms with E-state index in [0.29, 0.717) is 28.9 Å². The number of pyridine rings is 1. The number of nitrogens with zero attached hydrogens (tertiary/aromatic N) is 3. The first kappa shape index (κ1) is 19.5. The third kappa shape index (κ3) is 4.62. The quantitative estimate of drug-likeness (QED) is 0.260. The van der Waals surface area contributed by atoms with E-state index in [1.807, 2.05) is 35.2 Å². The topological polar surface area (TPSA) is 74.1 Å². The van der Waals surface area contributed by atoms with E-state index in [0.717, 1.165) is 33.2 Å². The van der Waals surface area contributed by atoms with E-state index in [2.05, 4.69) is 23.2 Å². The largest absolute Gasteiger partial charge is 0.0534 e. The summed E-state index contributed by atoms with van der Waals surface area (Å²) in [6, 6.07) is 11.7. The summed E-state index contributed by atoms with van der Waals surface area (Å²) in [6.45, 7) is 1.25. The van der Waals surface area contributed by atoms with Gasteiger partial charge in [0, 0.05) is 0 Å². The molecule has 0 unspecified atom stereocenters. The first-order valence-electron chi connectivity index (χ1n) is 9.45. The fourth-order valence-electron chi connectivity index (χ4n) is 3.41. The van der Waals surface area contributed by atoms with Crippen LogP contribution in [-0.4, -0.2) is 32.7 Å². The smallest absolute Gasteiger partial charge is 0.0438 e. The second-order valence-electron chi connectivity index (χ2n) is 6.95. The average molecular weight is 496 g/mol. The minimum Gasteiger partial charge on any atom is -0.0534 e. The van der Waals surface area contributed by atoms with Crippen LogP contribution in [0, 0.1) is 15.0 Å². The van der Waals surface area contributed by atoms with Crippen molar-refractivity contribution < 1.29 is 30.8 Å². The Morgan fingerprint density at radius 3 is 2.76 bits per heavy atom. The molecule has 0 radical (unpaired) electrons. The van der Waals surface area contributed by atoms with Crippen molar-refractivity contribution in [3.63, 3.8) is 0 Å². The number of hydrogen-bond donors (Lipinski definition) is 0. The molecule has 4 rings (SSSR count). The maximum Gasteiger partial charge on any atom is -0.0438 e. The number of aromatic nitrogens is 1. The van der Waals surface area contributed by atoms with Gasteiger partial charge >= 0.3 is 139 Å². The van der Waals surface area contributed by atoms with Crippen molar-refractivity contribution in [2.24, 2.45) is 0 Å². The fourth-order valence-corrected chi connectivity index (χ4v) is 5.57. The summed E-state index contributed by atoms with van der Waals surface area (Å²) in [6.07, 6.45) is 9.42. The van der Waals surface area contributed by atoms with Crippen LogP contribution in [0.4, 0.5) is 0 Å². The van der Waals surface area contributed by atoms with E-state index in [9.17, 15) is 9.59 Å². The molecule has 0 fully saturated rings. The first-order valence-corrected chi connectivity index (χ1v) is 11.6. The van der Waals surface area contributed by atoms with Crippen molar-refractivity contribution in [2.75, 3.05) is 13.1 Å². The maximum absolute atomic E-state index is 12.5. The van der Waals surface area contributed by atoms with Gasteiger partial charge in [-0.05, 0) is 12.1 Å². The molecule has 3 heterocycles. The fraction of sp³-hybridized carbons (Fsp3) is 0.217. The standard InChI is InChI=1S/C23H19IN3O2/c25-14-16-1-4-18(5-2-16)19-9-11-27(12-10-19)22(29)8-3-17-13-20-6-7-21(28)24-23(20)26-15-17/h1-5,8-9,13,15H,6-7,10-12H2/q-1/b8-3+. The zero-order valence-electron chi connectivity index (χ0n) is 15.8. The Labute approximate surface area is 180 Å². The summed E-state index contributed by atoms with van der Waals surface area (Å²) in [5, 5.41) is 8.91. The molecule has 2 aliphatic heterocycles. The zero-order chi connectivity index (χ0) is 20.2. The monoisotopic (exact) mass is 496 g/mol. The number of amides is 1. The minimum absolute atomic E-state index is 0.0135. The molecule has 0 atom stereocenters. The molecule has 0 aliphatic carbocycles. The van der Waals surface area contributed by atoms with E-state index in [1.54, 1.807) is 12.3 Å². The summed E-state index contributed by atoms with van der Waals surface area (Å²) >= 11 is -0.613. The first-order chi connectivity index (χ1) is 14.1. The average Bonchev–Trinajstić information content (AvgIpc) is 2.77. The predicted molar refractivity (Wildman–Crippen MR) is 106 cm³/mol. The number of aryl methyl sites for hydroxylation is 1. The van der Waals surface area contributed by atoms with E-state index < -0.39 is 21.2 Å². The molecule has 2 aromatic rings. The molecule has 5 nitrogen and oxygen atoms in total. The molecule has 6 heteroatoms. The second kappa shape index (κ2) is 8.70. The molecular formula is C23H19IN3O2-. The second-order valence-corrected chi connectivity index (χ2v) is 9.72. The summed E-state index contributed by atoms with van der Waals surface area (Å²) in [4.78, 5) is 30.4. The molecular weight excluding hydrogens is 477 g/mol. The molecule has 1 amide bonds. The molecule has 146 valence electrons. The Morgan fingerprint density at radius 2 is 2.03 bits per heavy atom. The number of benzene rings is 1. The van der Waals surface area contributed by atoms with Crippen LogP contribution in [0.15, 0.2) is 48.7 Å². The van der Waals surface area contributed by atoms with Crippen molar-refractivity contribution in [2.45, 2.75) is 19.3 Å². The van der Waals surface area contributed by atoms with E-state index in [4.69, 9.17) is 5.26 Å². The van der Waals surface area contributed by atoms with E-state index in [-0.39, 0.29) is 5.91 Å². The van der Waals surface area contributed by atoms with Gasteiger partial charge in [-0.25, -0.2) is 0 Å². The number of carbonyl (C=O) groups excluding carboxylic acids is 2. The van der Waals surface area contributed by atoms with E-state index in [1.165, 1.54) is 5.57 Å². The number of carbonyl (C=O) groups is 2. The molecule has 1 aromatic heterocycles. The van der Waals surface area contributed by atoms with Crippen LogP contribution in [0.5, 0.6) is 0 Å². The molecule has 0 saturated heterocycles. The molecule has 0 N–H and O–H groups in total. The minimum atomic E-state index is -0.613. The Bertz CT molecular complexity index is 1060. The summed E-state index contributed by atoms with van der Waals surface area (Å²) in [7, 11) is 0. The van der Waals surface area contributed by atoms with Crippen molar-refractivity contribution in [1.29, 1.82) is 5.26 Å². The number of fused-ring (bicyclic) bond motifs is 1. The number of nitriles is 1. The van der Waals surface area contributed by atoms with Gasteiger partial charge in [-0.2, -0.15) is 5.26 Å². The SMILES string of the molecule is N#Cc1ccc(C2=CCN(C(=O)/C=C/c3cnc4c(c3)CCC(=O)[I-]4)CC2)cc1. The maximum atomic E-state index is 12.5. The van der Waals surface area contributed by atoms with Crippen LogP contribution in [0.3, 0.4) is 0 Å². The van der Waals surface area contributed by atoms with Gasteiger partial charge in [-0.15, -0.1) is 0 Å². The normalized spacial score (nSPS) is 16.6. The van der Waals surface area contributed by atoms with Crippen LogP contribution >= 0.6 is 0 Å². The van der Waals surface area contributed by atoms with Crippen LogP contribution in [-0.2, 0) is 16.0 Å². The number of rotatable bonds is 3. The van der Waals surface area contributed by atoms with Crippen LogP contribution < -0.4 is 21.2 Å². The van der Waals surface area contributed by atoms with Crippen molar-refractivity contribution >= 4 is 21.3 Å². The summed E-state index contributed by atoms with van der Waals surface area (Å²) < 4.78 is 1.32. The van der Waals surface area contributed by atoms with Gasteiger partial charge in [-0.3, -0.25) is 0 Å². The molecule has 0 bridgehead atoms. The number of halogens is 1.